The van der Waals surface area contributed by atoms with Crippen LogP contribution < -0.4 is 5.32 Å². The van der Waals surface area contributed by atoms with E-state index in [1.54, 1.807) is 0 Å². The monoisotopic (exact) mass is 232 g/mol. The molecule has 2 rings (SSSR count). The molecule has 0 aliphatic carbocycles. The highest BCUT2D eigenvalue weighted by Gasteiger charge is 2.06. The van der Waals surface area contributed by atoms with Crippen LogP contribution >= 0.6 is 0 Å². The van der Waals surface area contributed by atoms with Crippen molar-refractivity contribution in [2.75, 3.05) is 19.0 Å². The number of esters is 1. The largest absolute Gasteiger partial charge is 0.465 e. The molecule has 1 aromatic heterocycles. The molecule has 0 fully saturated rings. The van der Waals surface area contributed by atoms with Gasteiger partial charge in [-0.05, 0) is 31.2 Å². The molecule has 1 heterocycles. The second-order valence-corrected chi connectivity index (χ2v) is 3.77. The fourth-order valence-corrected chi connectivity index (χ4v) is 1.84. The van der Waals surface area contributed by atoms with Crippen molar-refractivity contribution in [1.29, 1.82) is 0 Å². The van der Waals surface area contributed by atoms with Crippen LogP contribution in [-0.2, 0) is 16.1 Å². The minimum Gasteiger partial charge on any atom is -0.465 e. The smallest absolute Gasteiger partial charge is 0.325 e. The zero-order valence-electron chi connectivity index (χ0n) is 10.1. The maximum Gasteiger partial charge on any atom is 0.325 e. The molecule has 0 aliphatic rings. The second-order valence-electron chi connectivity index (χ2n) is 3.77. The molecule has 2 aromatic rings. The molecule has 0 saturated heterocycles. The number of hydrogen-bond acceptors (Lipinski definition) is 3. The molecule has 0 spiro atoms. The van der Waals surface area contributed by atoms with E-state index in [-0.39, 0.29) is 12.5 Å². The fourth-order valence-electron chi connectivity index (χ4n) is 1.84. The molecule has 0 saturated carbocycles. The lowest BCUT2D eigenvalue weighted by Gasteiger charge is -2.05. The maximum atomic E-state index is 11.4. The summed E-state index contributed by atoms with van der Waals surface area (Å²) in [5.41, 5.74) is 2.10. The van der Waals surface area contributed by atoms with Crippen LogP contribution in [0.3, 0.4) is 0 Å². The summed E-state index contributed by atoms with van der Waals surface area (Å²) in [6.07, 6.45) is 1.90. The van der Waals surface area contributed by atoms with Crippen LogP contribution in [0, 0.1) is 0 Å². The van der Waals surface area contributed by atoms with Crippen molar-refractivity contribution in [3.05, 3.63) is 30.5 Å². The Bertz CT molecular complexity index is 531. The summed E-state index contributed by atoms with van der Waals surface area (Å²) in [5, 5.41) is 4.20. The van der Waals surface area contributed by atoms with Gasteiger partial charge in [0.2, 0.25) is 0 Å². The number of ether oxygens (including phenoxy) is 1. The Balaban J connectivity index is 2.27. The zero-order chi connectivity index (χ0) is 12.3. The first-order valence-electron chi connectivity index (χ1n) is 5.67. The van der Waals surface area contributed by atoms with Crippen LogP contribution in [0.2, 0.25) is 0 Å². The van der Waals surface area contributed by atoms with Crippen molar-refractivity contribution in [2.24, 2.45) is 0 Å². The van der Waals surface area contributed by atoms with Gasteiger partial charge in [-0.15, -0.1) is 0 Å². The van der Waals surface area contributed by atoms with Crippen molar-refractivity contribution in [3.8, 4) is 0 Å². The van der Waals surface area contributed by atoms with Gasteiger partial charge in [-0.1, -0.05) is 0 Å². The van der Waals surface area contributed by atoms with E-state index in [0.717, 1.165) is 16.6 Å². The number of anilines is 1. The van der Waals surface area contributed by atoms with Gasteiger partial charge in [0.15, 0.2) is 0 Å². The highest BCUT2D eigenvalue weighted by atomic mass is 16.5. The number of fused-ring (bicyclic) bond motifs is 1. The van der Waals surface area contributed by atoms with Gasteiger partial charge in [-0.2, -0.15) is 0 Å². The van der Waals surface area contributed by atoms with Crippen LogP contribution in [0.5, 0.6) is 0 Å². The Hall–Kier alpha value is -1.97. The van der Waals surface area contributed by atoms with Crippen molar-refractivity contribution < 1.29 is 9.53 Å². The number of nitrogens with one attached hydrogen (secondary N) is 1. The summed E-state index contributed by atoms with van der Waals surface area (Å²) >= 11 is 0. The number of nitrogens with zero attached hydrogens (tertiary/aromatic N) is 1. The number of hydrogen-bond donors (Lipinski definition) is 1. The topological polar surface area (TPSA) is 43.3 Å². The molecular weight excluding hydrogens is 216 g/mol. The van der Waals surface area contributed by atoms with Crippen molar-refractivity contribution >= 4 is 22.6 Å². The van der Waals surface area contributed by atoms with E-state index in [1.165, 1.54) is 0 Å². The molecule has 0 radical (unpaired) electrons. The molecule has 17 heavy (non-hydrogen) atoms. The predicted octanol–water partition coefficient (Wildman–Crippen LogP) is 2.25. The van der Waals surface area contributed by atoms with Gasteiger partial charge in [-0.3, -0.25) is 4.79 Å². The summed E-state index contributed by atoms with van der Waals surface area (Å²) in [7, 11) is 1.89. The van der Waals surface area contributed by atoms with E-state index in [4.69, 9.17) is 4.74 Å². The number of carbonyl (C=O) groups is 1. The summed E-state index contributed by atoms with van der Waals surface area (Å²) in [5.74, 6) is -0.206. The number of aromatic nitrogens is 1. The summed E-state index contributed by atoms with van der Waals surface area (Å²) in [6.45, 7) is 2.49. The second kappa shape index (κ2) is 4.91. The zero-order valence-corrected chi connectivity index (χ0v) is 10.1. The lowest BCUT2D eigenvalue weighted by Crippen LogP contribution is -2.12. The molecular formula is C13H16N2O2. The SMILES string of the molecule is CCOC(=O)Cn1ccc2cc(NC)ccc21. The first-order chi connectivity index (χ1) is 8.24. The highest BCUT2D eigenvalue weighted by molar-refractivity contribution is 5.85. The molecule has 1 N–H and O–H groups in total. The Morgan fingerprint density at radius 1 is 1.41 bits per heavy atom. The first kappa shape index (κ1) is 11.5. The summed E-state index contributed by atoms with van der Waals surface area (Å²) < 4.78 is 6.83. The Morgan fingerprint density at radius 3 is 2.94 bits per heavy atom. The van der Waals surface area contributed by atoms with E-state index in [2.05, 4.69) is 11.4 Å². The third-order valence-corrected chi connectivity index (χ3v) is 2.66. The van der Waals surface area contributed by atoms with Gasteiger partial charge in [0.1, 0.15) is 6.54 Å². The van der Waals surface area contributed by atoms with Crippen molar-refractivity contribution in [1.82, 2.24) is 4.57 Å². The molecule has 0 atom stereocenters. The van der Waals surface area contributed by atoms with Gasteiger partial charge in [0, 0.05) is 29.8 Å². The quantitative estimate of drug-likeness (QED) is 0.822. The molecule has 1 aromatic carbocycles. The van der Waals surface area contributed by atoms with E-state index >= 15 is 0 Å². The number of benzene rings is 1. The lowest BCUT2D eigenvalue weighted by atomic mass is 10.2. The van der Waals surface area contributed by atoms with E-state index < -0.39 is 0 Å². The van der Waals surface area contributed by atoms with Gasteiger partial charge < -0.3 is 14.6 Å². The molecule has 0 aliphatic heterocycles. The Kier molecular flexibility index (Phi) is 3.32. The van der Waals surface area contributed by atoms with Gasteiger partial charge in [0.25, 0.3) is 0 Å². The van der Waals surface area contributed by atoms with Crippen LogP contribution in [0.25, 0.3) is 10.9 Å². The number of carbonyl (C=O) groups excluding carboxylic acids is 1. The Labute approximate surface area is 100 Å². The Morgan fingerprint density at radius 2 is 2.24 bits per heavy atom. The molecule has 4 nitrogen and oxygen atoms in total. The minimum atomic E-state index is -0.206. The van der Waals surface area contributed by atoms with E-state index in [0.29, 0.717) is 6.61 Å². The molecule has 0 bridgehead atoms. The maximum absolute atomic E-state index is 11.4. The van der Waals surface area contributed by atoms with Crippen LogP contribution in [-0.4, -0.2) is 24.2 Å². The predicted molar refractivity (Wildman–Crippen MR) is 68.1 cm³/mol. The number of rotatable bonds is 4. The van der Waals surface area contributed by atoms with E-state index in [9.17, 15) is 4.79 Å². The van der Waals surface area contributed by atoms with Crippen LogP contribution in [0.15, 0.2) is 30.5 Å². The average Bonchev–Trinajstić information content (AvgIpc) is 2.72. The summed E-state index contributed by atoms with van der Waals surface area (Å²) in [6, 6.07) is 8.04. The minimum absolute atomic E-state index is 0.206. The molecule has 0 amide bonds. The molecule has 90 valence electrons. The third kappa shape index (κ3) is 2.41. The molecule has 4 heteroatoms. The van der Waals surface area contributed by atoms with Gasteiger partial charge >= 0.3 is 5.97 Å². The first-order valence-corrected chi connectivity index (χ1v) is 5.67. The van der Waals surface area contributed by atoms with Crippen molar-refractivity contribution in [2.45, 2.75) is 13.5 Å². The standard InChI is InChI=1S/C13H16N2O2/c1-3-17-13(16)9-15-7-6-10-8-11(14-2)4-5-12(10)15/h4-8,14H,3,9H2,1-2H3. The van der Waals surface area contributed by atoms with E-state index in [1.807, 2.05) is 42.9 Å². The van der Waals surface area contributed by atoms with Crippen LogP contribution in [0.1, 0.15) is 6.92 Å². The highest BCUT2D eigenvalue weighted by Crippen LogP contribution is 2.20. The van der Waals surface area contributed by atoms with Crippen molar-refractivity contribution in [3.63, 3.8) is 0 Å². The normalized spacial score (nSPS) is 10.5. The molecule has 0 unspecified atom stereocenters. The lowest BCUT2D eigenvalue weighted by molar-refractivity contribution is -0.143. The van der Waals surface area contributed by atoms with Gasteiger partial charge in [-0.25, -0.2) is 0 Å². The van der Waals surface area contributed by atoms with Crippen LogP contribution in [0.4, 0.5) is 5.69 Å². The fraction of sp³-hybridized carbons (Fsp3) is 0.308. The summed E-state index contributed by atoms with van der Waals surface area (Å²) in [4.78, 5) is 11.4. The van der Waals surface area contributed by atoms with Gasteiger partial charge in [0.05, 0.1) is 6.61 Å². The average molecular weight is 232 g/mol. The third-order valence-electron chi connectivity index (χ3n) is 2.66.